The molecule has 22 rings (SSSR count). The summed E-state index contributed by atoms with van der Waals surface area (Å²) in [4.78, 5) is 21.6. The molecular formula is C106H66N4O2. The third kappa shape index (κ3) is 10.2. The summed E-state index contributed by atoms with van der Waals surface area (Å²) in [6.07, 6.45) is 0. The van der Waals surface area contributed by atoms with Crippen molar-refractivity contribution in [2.45, 2.75) is 10.8 Å². The van der Waals surface area contributed by atoms with E-state index in [9.17, 15) is 0 Å². The highest BCUT2D eigenvalue weighted by molar-refractivity contribution is 5.96. The molecule has 2 aliphatic heterocycles. The van der Waals surface area contributed by atoms with Crippen LogP contribution in [0, 0.1) is 0 Å². The van der Waals surface area contributed by atoms with E-state index in [0.29, 0.717) is 11.6 Å². The zero-order valence-electron chi connectivity index (χ0n) is 60.7. The lowest BCUT2D eigenvalue weighted by molar-refractivity contribution is 0.436. The first-order chi connectivity index (χ1) is 55.5. The van der Waals surface area contributed by atoms with Crippen molar-refractivity contribution >= 4 is 0 Å². The first-order valence-electron chi connectivity index (χ1n) is 38.2. The van der Waals surface area contributed by atoms with Crippen molar-refractivity contribution in [1.29, 1.82) is 0 Å². The van der Waals surface area contributed by atoms with Crippen molar-refractivity contribution < 1.29 is 9.47 Å². The third-order valence-corrected chi connectivity index (χ3v) is 23.3. The summed E-state index contributed by atoms with van der Waals surface area (Å²) in [5, 5.41) is 0. The van der Waals surface area contributed by atoms with Gasteiger partial charge in [-0.2, -0.15) is 0 Å². The van der Waals surface area contributed by atoms with Crippen molar-refractivity contribution in [2.24, 2.45) is 0 Å². The van der Waals surface area contributed by atoms with Crippen molar-refractivity contribution in [3.8, 4) is 169 Å². The van der Waals surface area contributed by atoms with Gasteiger partial charge in [-0.05, 0) is 161 Å². The fourth-order valence-corrected chi connectivity index (χ4v) is 18.4. The predicted octanol–water partition coefficient (Wildman–Crippen LogP) is 26.5. The Morgan fingerprint density at radius 1 is 0.152 bits per heavy atom. The first-order valence-corrected chi connectivity index (χ1v) is 38.2. The van der Waals surface area contributed by atoms with Crippen LogP contribution < -0.4 is 9.47 Å². The summed E-state index contributed by atoms with van der Waals surface area (Å²) in [5.41, 5.74) is 32.8. The van der Waals surface area contributed by atoms with E-state index in [1.165, 1.54) is 44.5 Å². The fraction of sp³-hybridized carbons (Fsp3) is 0.0189. The number of hydrogen-bond donors (Lipinski definition) is 0. The fourth-order valence-electron chi connectivity index (χ4n) is 18.4. The number of fused-ring (bicyclic) bond motifs is 18. The van der Waals surface area contributed by atoms with Gasteiger partial charge in [0.05, 0.1) is 33.6 Å². The SMILES string of the molecule is c1ccc(-c2cc(-c3cccc(-c4ccc5c(c4)Oc4ccc(-c6ccccc6-c6ccccc6-c6nc(-c7ccccc7)cc(-c7ccccc7)n6)cc4C54c5ccccc5-c5ccccc54)c3)nc(-c3cccc(-c4ccccc4-c4ccc5c(c4)C4(c6ccccc6O5)c5ccccc5-c5ccccc54)c3)n2)cc1. The molecule has 0 bridgehead atoms. The van der Waals surface area contributed by atoms with Crippen LogP contribution >= 0.6 is 0 Å². The largest absolute Gasteiger partial charge is 0.457 e. The Labute approximate surface area is 649 Å². The molecule has 4 heterocycles. The zero-order chi connectivity index (χ0) is 73.9. The molecule has 0 saturated carbocycles. The molecule has 0 saturated heterocycles. The van der Waals surface area contributed by atoms with E-state index in [1.54, 1.807) is 0 Å². The first kappa shape index (κ1) is 64.5. The molecule has 0 fully saturated rings. The Morgan fingerprint density at radius 3 is 0.955 bits per heavy atom. The molecule has 2 aliphatic carbocycles. The minimum absolute atomic E-state index is 0.592. The second-order valence-corrected chi connectivity index (χ2v) is 29.3. The number of aromatic nitrogens is 4. The number of ether oxygens (including phenoxy) is 2. The van der Waals surface area contributed by atoms with Crippen LogP contribution in [0.15, 0.2) is 400 Å². The van der Waals surface area contributed by atoms with E-state index < -0.39 is 10.8 Å². The Bertz CT molecular complexity index is 6700. The van der Waals surface area contributed by atoms with E-state index >= 15 is 0 Å². The molecule has 522 valence electrons. The predicted molar refractivity (Wildman–Crippen MR) is 452 cm³/mol. The average Bonchev–Trinajstić information content (AvgIpc) is 1.49. The number of para-hydroxylation sites is 1. The highest BCUT2D eigenvalue weighted by Crippen LogP contribution is 2.65. The van der Waals surface area contributed by atoms with Crippen LogP contribution in [0.25, 0.3) is 146 Å². The average molecular weight is 1430 g/mol. The lowest BCUT2D eigenvalue weighted by Crippen LogP contribution is -2.32. The molecule has 2 spiro atoms. The van der Waals surface area contributed by atoms with Crippen molar-refractivity contribution in [3.05, 3.63) is 445 Å². The summed E-state index contributed by atoms with van der Waals surface area (Å²) in [6.45, 7) is 0. The van der Waals surface area contributed by atoms with Crippen molar-refractivity contribution in [3.63, 3.8) is 0 Å². The molecule has 0 N–H and O–H groups in total. The van der Waals surface area contributed by atoms with Crippen molar-refractivity contribution in [1.82, 2.24) is 19.9 Å². The van der Waals surface area contributed by atoms with E-state index in [4.69, 9.17) is 29.4 Å². The highest BCUT2D eigenvalue weighted by atomic mass is 16.5. The van der Waals surface area contributed by atoms with Crippen LogP contribution in [0.3, 0.4) is 0 Å². The maximum absolute atomic E-state index is 7.39. The molecule has 0 amide bonds. The number of benzene rings is 16. The van der Waals surface area contributed by atoms with Crippen LogP contribution in [0.4, 0.5) is 0 Å². The number of nitrogens with zero attached hydrogens (tertiary/aromatic N) is 4. The highest BCUT2D eigenvalue weighted by Gasteiger charge is 2.53. The van der Waals surface area contributed by atoms with Gasteiger partial charge >= 0.3 is 0 Å². The molecule has 18 aromatic rings. The summed E-state index contributed by atoms with van der Waals surface area (Å²) in [7, 11) is 0. The molecule has 2 aromatic heterocycles. The van der Waals surface area contributed by atoms with E-state index in [1.807, 2.05) is 18.2 Å². The van der Waals surface area contributed by atoms with Gasteiger partial charge in [0.1, 0.15) is 23.0 Å². The van der Waals surface area contributed by atoms with Gasteiger partial charge in [-0.15, -0.1) is 0 Å². The Kier molecular flexibility index (Phi) is 15.0. The summed E-state index contributed by atoms with van der Waals surface area (Å²) < 4.78 is 14.3. The molecule has 6 heteroatoms. The molecule has 16 aromatic carbocycles. The maximum atomic E-state index is 7.39. The van der Waals surface area contributed by atoms with E-state index in [0.717, 1.165) is 157 Å². The topological polar surface area (TPSA) is 70.0 Å². The smallest absolute Gasteiger partial charge is 0.161 e. The van der Waals surface area contributed by atoms with E-state index in [-0.39, 0.29) is 0 Å². The molecule has 6 nitrogen and oxygen atoms in total. The van der Waals surface area contributed by atoms with Gasteiger partial charge in [0, 0.05) is 55.6 Å². The Morgan fingerprint density at radius 2 is 0.455 bits per heavy atom. The Balaban J connectivity index is 0.631. The lowest BCUT2D eigenvalue weighted by atomic mass is 9.65. The van der Waals surface area contributed by atoms with Crippen LogP contribution in [0.5, 0.6) is 23.0 Å². The summed E-state index contributed by atoms with van der Waals surface area (Å²) in [6, 6.07) is 144. The molecule has 0 radical (unpaired) electrons. The number of hydrogen-bond acceptors (Lipinski definition) is 6. The van der Waals surface area contributed by atoms with Gasteiger partial charge in [-0.25, -0.2) is 19.9 Å². The maximum Gasteiger partial charge on any atom is 0.161 e. The van der Waals surface area contributed by atoms with Gasteiger partial charge in [0.2, 0.25) is 0 Å². The second kappa shape index (κ2) is 26.0. The molecule has 4 aliphatic rings. The lowest BCUT2D eigenvalue weighted by Gasteiger charge is -2.40. The van der Waals surface area contributed by atoms with Gasteiger partial charge in [-0.3, -0.25) is 0 Å². The normalized spacial score (nSPS) is 13.1. The Hall–Kier alpha value is -14.7. The van der Waals surface area contributed by atoms with E-state index in [2.05, 4.69) is 382 Å². The van der Waals surface area contributed by atoms with Crippen molar-refractivity contribution in [2.75, 3.05) is 0 Å². The van der Waals surface area contributed by atoms with Gasteiger partial charge < -0.3 is 9.47 Å². The summed E-state index contributed by atoms with van der Waals surface area (Å²) in [5.74, 6) is 4.62. The minimum Gasteiger partial charge on any atom is -0.457 e. The quantitative estimate of drug-likeness (QED) is 0.129. The second-order valence-electron chi connectivity index (χ2n) is 29.3. The minimum atomic E-state index is -0.743. The van der Waals surface area contributed by atoms with Crippen LogP contribution in [-0.4, -0.2) is 19.9 Å². The molecule has 0 atom stereocenters. The zero-order valence-corrected chi connectivity index (χ0v) is 60.7. The third-order valence-electron chi connectivity index (χ3n) is 23.3. The summed E-state index contributed by atoms with van der Waals surface area (Å²) >= 11 is 0. The van der Waals surface area contributed by atoms with Gasteiger partial charge in [-0.1, -0.05) is 340 Å². The van der Waals surface area contributed by atoms with Gasteiger partial charge in [0.25, 0.3) is 0 Å². The molecule has 112 heavy (non-hydrogen) atoms. The van der Waals surface area contributed by atoms with Crippen LogP contribution in [0.2, 0.25) is 0 Å². The van der Waals surface area contributed by atoms with Gasteiger partial charge in [0.15, 0.2) is 11.6 Å². The van der Waals surface area contributed by atoms with Crippen LogP contribution in [0.1, 0.15) is 44.5 Å². The monoisotopic (exact) mass is 1430 g/mol. The molecular weight excluding hydrogens is 1360 g/mol. The van der Waals surface area contributed by atoms with Crippen LogP contribution in [-0.2, 0) is 10.8 Å². The molecule has 0 unspecified atom stereocenters. The number of rotatable bonds is 11. The standard InChI is InChI=1S/C106H66N4O2/c1-4-28-67(29-5-1)95-66-98(108-103(107-95)76-37-27-35-72(61-76)77-38-10-11-39-78(77)73-55-58-100-93(62-73)105(91-52-24-25-53-99(91)111-100)87-48-20-16-43-82(87)83-44-17-21-49-88(83)105)75-36-26-34-70(60-75)71-54-57-92-102(64-71)112-101-59-56-74(63-94(101)106(92)89-50-22-18-45-84(89)85-46-19-23-51-90(85)106)79-40-12-13-41-80(79)81-42-14-15-47-86(81)104-109-96(68-30-6-2-7-31-68)65-97(110-104)69-32-8-3-9-33-69/h1-66H.